The minimum atomic E-state index is -1.87. The highest BCUT2D eigenvalue weighted by molar-refractivity contribution is 9.13. The minimum absolute atomic E-state index is 0.437. The maximum atomic E-state index is 12.8. The van der Waals surface area contributed by atoms with E-state index in [-0.39, 0.29) is 0 Å². The Hall–Kier alpha value is -2.22. The van der Waals surface area contributed by atoms with Gasteiger partial charge in [0.1, 0.15) is 5.76 Å². The topological polar surface area (TPSA) is 74.8 Å². The van der Waals surface area contributed by atoms with Crippen LogP contribution in [-0.2, 0) is 10.4 Å². The van der Waals surface area contributed by atoms with Gasteiger partial charge in [0.15, 0.2) is 10.3 Å². The number of benzene rings is 2. The van der Waals surface area contributed by atoms with Crippen LogP contribution in [0.15, 0.2) is 85.4 Å². The van der Waals surface area contributed by atoms with Crippen LogP contribution in [0.4, 0.5) is 0 Å². The second-order valence-electron chi connectivity index (χ2n) is 5.41. The summed E-state index contributed by atoms with van der Waals surface area (Å²) in [4.78, 5) is 12.8. The molecular formula is C19H14Br2N2O3. The van der Waals surface area contributed by atoms with Gasteiger partial charge in [0.2, 0.25) is 0 Å². The van der Waals surface area contributed by atoms with Crippen molar-refractivity contribution >= 4 is 44.0 Å². The van der Waals surface area contributed by atoms with Gasteiger partial charge in [-0.25, -0.2) is 5.43 Å². The Labute approximate surface area is 167 Å². The number of carbonyl (C=O) groups excluding carboxylic acids is 1. The first-order valence-corrected chi connectivity index (χ1v) is 9.22. The summed E-state index contributed by atoms with van der Waals surface area (Å²) in [5.74, 6) is -0.233. The lowest BCUT2D eigenvalue weighted by molar-refractivity contribution is -0.136. The number of nitrogens with one attached hydrogen (secondary N) is 1. The average molecular weight is 478 g/mol. The first-order valence-electron chi connectivity index (χ1n) is 7.63. The lowest BCUT2D eigenvalue weighted by atomic mass is 9.85. The highest BCUT2D eigenvalue weighted by atomic mass is 79.9. The molecule has 0 radical (unpaired) electrons. The molecule has 3 rings (SSSR count). The molecule has 0 spiro atoms. The maximum Gasteiger partial charge on any atom is 0.281 e. The highest BCUT2D eigenvalue weighted by Gasteiger charge is 2.39. The first-order chi connectivity index (χ1) is 12.5. The molecule has 1 amide bonds. The zero-order valence-electron chi connectivity index (χ0n) is 13.4. The lowest BCUT2D eigenvalue weighted by Crippen LogP contribution is -2.43. The molecule has 0 unspecified atom stereocenters. The summed E-state index contributed by atoms with van der Waals surface area (Å²) in [6.45, 7) is 0. The average Bonchev–Trinajstić information content (AvgIpc) is 3.00. The molecule has 0 bridgehead atoms. The fraction of sp³-hybridized carbons (Fsp3) is 0.0526. The molecule has 3 aromatic rings. The number of aliphatic hydroxyl groups is 1. The highest BCUT2D eigenvalue weighted by Crippen LogP contribution is 2.30. The molecular weight excluding hydrogens is 464 g/mol. The number of rotatable bonds is 5. The SMILES string of the molecule is O=C(NN=Cc1cc(Br)c(Br)o1)C(O)(c1ccccc1)c1ccccc1. The van der Waals surface area contributed by atoms with Crippen LogP contribution in [0.3, 0.4) is 0 Å². The number of hydrogen-bond acceptors (Lipinski definition) is 4. The van der Waals surface area contributed by atoms with Gasteiger partial charge in [0.05, 0.1) is 10.7 Å². The Morgan fingerprint density at radius 2 is 1.58 bits per heavy atom. The summed E-state index contributed by atoms with van der Waals surface area (Å²) in [7, 11) is 0. The Morgan fingerprint density at radius 1 is 1.04 bits per heavy atom. The molecule has 0 aliphatic heterocycles. The molecule has 5 nitrogen and oxygen atoms in total. The molecule has 0 saturated carbocycles. The van der Waals surface area contributed by atoms with Gasteiger partial charge in [-0.1, -0.05) is 60.7 Å². The van der Waals surface area contributed by atoms with Gasteiger partial charge in [-0.15, -0.1) is 0 Å². The van der Waals surface area contributed by atoms with Gasteiger partial charge >= 0.3 is 0 Å². The van der Waals surface area contributed by atoms with Crippen LogP contribution in [-0.4, -0.2) is 17.2 Å². The van der Waals surface area contributed by atoms with Gasteiger partial charge in [0, 0.05) is 6.07 Å². The number of carbonyl (C=O) groups is 1. The summed E-state index contributed by atoms with van der Waals surface area (Å²) in [5, 5.41) is 15.1. The summed E-state index contributed by atoms with van der Waals surface area (Å²) in [6, 6.07) is 19.1. The number of hydrazone groups is 1. The van der Waals surface area contributed by atoms with Gasteiger partial charge < -0.3 is 9.52 Å². The van der Waals surface area contributed by atoms with Gasteiger partial charge in [-0.3, -0.25) is 4.79 Å². The van der Waals surface area contributed by atoms with Crippen LogP contribution in [0, 0.1) is 0 Å². The van der Waals surface area contributed by atoms with E-state index in [0.717, 1.165) is 4.47 Å². The molecule has 0 saturated heterocycles. The first kappa shape index (κ1) is 18.6. The normalized spacial score (nSPS) is 11.7. The molecule has 132 valence electrons. The fourth-order valence-electron chi connectivity index (χ4n) is 2.45. The van der Waals surface area contributed by atoms with Crippen molar-refractivity contribution in [3.05, 3.63) is 92.8 Å². The van der Waals surface area contributed by atoms with E-state index in [1.165, 1.54) is 6.21 Å². The van der Waals surface area contributed by atoms with Crippen LogP contribution in [0.1, 0.15) is 16.9 Å². The van der Waals surface area contributed by atoms with E-state index < -0.39 is 11.5 Å². The van der Waals surface area contributed by atoms with Gasteiger partial charge in [0.25, 0.3) is 5.91 Å². The third-order valence-electron chi connectivity index (χ3n) is 3.73. The van der Waals surface area contributed by atoms with Crippen molar-refractivity contribution in [2.24, 2.45) is 5.10 Å². The van der Waals surface area contributed by atoms with E-state index in [9.17, 15) is 9.90 Å². The van der Waals surface area contributed by atoms with Crippen molar-refractivity contribution in [3.63, 3.8) is 0 Å². The van der Waals surface area contributed by atoms with Crippen molar-refractivity contribution in [2.45, 2.75) is 5.60 Å². The van der Waals surface area contributed by atoms with E-state index in [1.807, 2.05) is 12.1 Å². The van der Waals surface area contributed by atoms with E-state index >= 15 is 0 Å². The van der Waals surface area contributed by atoms with Crippen LogP contribution < -0.4 is 5.43 Å². The number of furan rings is 1. The van der Waals surface area contributed by atoms with E-state index in [0.29, 0.717) is 21.6 Å². The largest absolute Gasteiger partial charge is 0.447 e. The minimum Gasteiger partial charge on any atom is -0.447 e. The van der Waals surface area contributed by atoms with Crippen molar-refractivity contribution in [3.8, 4) is 0 Å². The summed E-state index contributed by atoms with van der Waals surface area (Å²) >= 11 is 6.53. The molecule has 0 aliphatic carbocycles. The zero-order chi connectivity index (χ0) is 18.6. The Bertz CT molecular complexity index is 865. The van der Waals surface area contributed by atoms with E-state index in [1.54, 1.807) is 54.6 Å². The second-order valence-corrected chi connectivity index (χ2v) is 6.99. The molecule has 1 heterocycles. The van der Waals surface area contributed by atoms with Gasteiger partial charge in [-0.2, -0.15) is 5.10 Å². The van der Waals surface area contributed by atoms with Crippen molar-refractivity contribution < 1.29 is 14.3 Å². The maximum absolute atomic E-state index is 12.8. The lowest BCUT2D eigenvalue weighted by Gasteiger charge is -2.26. The Kier molecular flexibility index (Phi) is 5.70. The van der Waals surface area contributed by atoms with E-state index in [4.69, 9.17) is 4.42 Å². The second kappa shape index (κ2) is 7.99. The van der Waals surface area contributed by atoms with Crippen molar-refractivity contribution in [2.75, 3.05) is 0 Å². The van der Waals surface area contributed by atoms with Crippen LogP contribution in [0.5, 0.6) is 0 Å². The molecule has 1 aromatic heterocycles. The predicted octanol–water partition coefficient (Wildman–Crippen LogP) is 4.19. The Morgan fingerprint density at radius 3 is 2.04 bits per heavy atom. The smallest absolute Gasteiger partial charge is 0.281 e. The number of amides is 1. The van der Waals surface area contributed by atoms with E-state index in [2.05, 4.69) is 42.4 Å². The summed E-state index contributed by atoms with van der Waals surface area (Å²) in [5.41, 5.74) is 1.41. The fourth-order valence-corrected chi connectivity index (χ4v) is 3.06. The molecule has 0 aliphatic rings. The summed E-state index contributed by atoms with van der Waals surface area (Å²) < 4.78 is 6.61. The number of nitrogens with zero attached hydrogens (tertiary/aromatic N) is 1. The molecule has 26 heavy (non-hydrogen) atoms. The third-order valence-corrected chi connectivity index (χ3v) is 5.44. The third kappa shape index (κ3) is 3.80. The summed E-state index contributed by atoms with van der Waals surface area (Å²) in [6.07, 6.45) is 1.35. The molecule has 0 fully saturated rings. The number of halogens is 2. The standard InChI is InChI=1S/C19H14Br2N2O3/c20-16-11-15(26-17(16)21)12-22-23-18(24)19(25,13-7-3-1-4-8-13)14-9-5-2-6-10-14/h1-12,25H,(H,23,24). The molecule has 0 atom stereocenters. The molecule has 2 aromatic carbocycles. The van der Waals surface area contributed by atoms with Crippen LogP contribution >= 0.6 is 31.9 Å². The quantitative estimate of drug-likeness (QED) is 0.427. The number of hydrogen-bond donors (Lipinski definition) is 2. The monoisotopic (exact) mass is 476 g/mol. The van der Waals surface area contributed by atoms with Crippen LogP contribution in [0.2, 0.25) is 0 Å². The predicted molar refractivity (Wildman–Crippen MR) is 106 cm³/mol. The van der Waals surface area contributed by atoms with Gasteiger partial charge in [-0.05, 0) is 43.0 Å². The molecule has 2 N–H and O–H groups in total. The van der Waals surface area contributed by atoms with Crippen molar-refractivity contribution in [1.82, 2.24) is 5.43 Å². The van der Waals surface area contributed by atoms with Crippen LogP contribution in [0.25, 0.3) is 0 Å². The molecule has 7 heteroatoms. The Balaban J connectivity index is 1.88. The van der Waals surface area contributed by atoms with Crippen molar-refractivity contribution in [1.29, 1.82) is 0 Å². The zero-order valence-corrected chi connectivity index (χ0v) is 16.6.